The lowest BCUT2D eigenvalue weighted by molar-refractivity contribution is -0.117. The first-order valence-corrected chi connectivity index (χ1v) is 9.11. The van der Waals surface area contributed by atoms with Crippen LogP contribution in [0.3, 0.4) is 0 Å². The van der Waals surface area contributed by atoms with E-state index in [4.69, 9.17) is 0 Å². The maximum absolute atomic E-state index is 12.6. The van der Waals surface area contributed by atoms with Crippen molar-refractivity contribution in [2.24, 2.45) is 0 Å². The van der Waals surface area contributed by atoms with Crippen LogP contribution in [0.15, 0.2) is 53.4 Å². The molecule has 0 aliphatic carbocycles. The Labute approximate surface area is 145 Å². The minimum absolute atomic E-state index is 0.0958. The van der Waals surface area contributed by atoms with Crippen LogP contribution in [0.1, 0.15) is 12.5 Å². The third-order valence-electron chi connectivity index (χ3n) is 3.85. The summed E-state index contributed by atoms with van der Waals surface area (Å²) in [6.45, 7) is 3.43. The molecule has 0 spiro atoms. The Hall–Kier alpha value is -2.87. The van der Waals surface area contributed by atoms with Crippen LogP contribution in [-0.2, 0) is 14.8 Å². The summed E-state index contributed by atoms with van der Waals surface area (Å²) in [6.07, 6.45) is 0. The van der Waals surface area contributed by atoms with Crippen LogP contribution >= 0.6 is 0 Å². The number of carbonyl (C=O) groups is 2. The number of imide groups is 1. The first kappa shape index (κ1) is 17.0. The molecule has 7 nitrogen and oxygen atoms in total. The fraction of sp³-hybridized carbons (Fsp3) is 0.176. The van der Waals surface area contributed by atoms with Gasteiger partial charge in [-0.25, -0.2) is 18.1 Å². The third kappa shape index (κ3) is 3.20. The van der Waals surface area contributed by atoms with Crippen molar-refractivity contribution in [3.05, 3.63) is 54.1 Å². The lowest BCUT2D eigenvalue weighted by Crippen LogP contribution is -2.32. The summed E-state index contributed by atoms with van der Waals surface area (Å²) in [5, 5.41) is 2.50. The van der Waals surface area contributed by atoms with Gasteiger partial charge in [0.1, 0.15) is 6.04 Å². The van der Waals surface area contributed by atoms with E-state index in [1.165, 1.54) is 24.3 Å². The number of benzene rings is 2. The van der Waals surface area contributed by atoms with E-state index in [0.717, 1.165) is 10.5 Å². The number of hydrogen-bond donors (Lipinski definition) is 2. The van der Waals surface area contributed by atoms with Crippen molar-refractivity contribution in [3.63, 3.8) is 0 Å². The summed E-state index contributed by atoms with van der Waals surface area (Å²) in [4.78, 5) is 25.3. The molecule has 0 bridgehead atoms. The molecule has 2 aromatic rings. The number of amides is 3. The molecule has 0 radical (unpaired) electrons. The maximum atomic E-state index is 12.6. The van der Waals surface area contributed by atoms with E-state index in [-0.39, 0.29) is 16.3 Å². The van der Waals surface area contributed by atoms with Gasteiger partial charge < -0.3 is 5.32 Å². The van der Waals surface area contributed by atoms with E-state index in [9.17, 15) is 18.0 Å². The van der Waals surface area contributed by atoms with Gasteiger partial charge in [-0.15, -0.1) is 0 Å². The van der Waals surface area contributed by atoms with Gasteiger partial charge in [0, 0.05) is 0 Å². The van der Waals surface area contributed by atoms with E-state index in [1.807, 2.05) is 6.92 Å². The number of anilines is 2. The number of nitrogens with one attached hydrogen (secondary N) is 2. The monoisotopic (exact) mass is 359 g/mol. The highest BCUT2D eigenvalue weighted by Crippen LogP contribution is 2.30. The molecule has 1 fully saturated rings. The topological polar surface area (TPSA) is 95.6 Å². The van der Waals surface area contributed by atoms with Crippen molar-refractivity contribution in [1.82, 2.24) is 5.32 Å². The smallest absolute Gasteiger partial charge is 0.326 e. The number of aryl methyl sites for hydroxylation is 1. The largest absolute Gasteiger partial charge is 0.329 e. The van der Waals surface area contributed by atoms with Crippen molar-refractivity contribution in [1.29, 1.82) is 0 Å². The second-order valence-corrected chi connectivity index (χ2v) is 7.46. The summed E-state index contributed by atoms with van der Waals surface area (Å²) < 4.78 is 27.6. The highest BCUT2D eigenvalue weighted by molar-refractivity contribution is 7.92. The van der Waals surface area contributed by atoms with Crippen LogP contribution in [0.5, 0.6) is 0 Å². The highest BCUT2D eigenvalue weighted by atomic mass is 32.2. The minimum atomic E-state index is -3.85. The van der Waals surface area contributed by atoms with Gasteiger partial charge in [-0.05, 0) is 38.1 Å². The van der Waals surface area contributed by atoms with Crippen LogP contribution in [0.2, 0.25) is 0 Å². The highest BCUT2D eigenvalue weighted by Gasteiger charge is 2.37. The van der Waals surface area contributed by atoms with Crippen LogP contribution < -0.4 is 14.9 Å². The number of carbonyl (C=O) groups excluding carboxylic acids is 2. The first-order valence-electron chi connectivity index (χ1n) is 7.62. The Morgan fingerprint density at radius 1 is 1.04 bits per heavy atom. The second kappa shape index (κ2) is 6.21. The zero-order valence-electron chi connectivity index (χ0n) is 13.7. The lowest BCUT2D eigenvalue weighted by atomic mass is 10.2. The van der Waals surface area contributed by atoms with Crippen LogP contribution in [-0.4, -0.2) is 26.4 Å². The molecule has 3 amide bonds. The van der Waals surface area contributed by atoms with Crippen molar-refractivity contribution < 1.29 is 18.0 Å². The number of sulfonamides is 1. The first-order chi connectivity index (χ1) is 11.8. The van der Waals surface area contributed by atoms with Crippen LogP contribution in [0.25, 0.3) is 0 Å². The molecular weight excluding hydrogens is 342 g/mol. The van der Waals surface area contributed by atoms with Gasteiger partial charge in [-0.2, -0.15) is 0 Å². The molecule has 2 aromatic carbocycles. The van der Waals surface area contributed by atoms with E-state index in [2.05, 4.69) is 10.0 Å². The third-order valence-corrected chi connectivity index (χ3v) is 5.24. The van der Waals surface area contributed by atoms with E-state index >= 15 is 0 Å². The average Bonchev–Trinajstić information content (AvgIpc) is 2.81. The predicted molar refractivity (Wildman–Crippen MR) is 93.9 cm³/mol. The van der Waals surface area contributed by atoms with Gasteiger partial charge in [0.25, 0.3) is 15.9 Å². The number of hydrogen-bond acceptors (Lipinski definition) is 4. The number of rotatable bonds is 4. The number of urea groups is 1. The Balaban J connectivity index is 1.98. The summed E-state index contributed by atoms with van der Waals surface area (Å²) in [5.74, 6) is -0.438. The molecule has 1 unspecified atom stereocenters. The van der Waals surface area contributed by atoms with E-state index < -0.39 is 28.0 Å². The zero-order chi connectivity index (χ0) is 18.2. The number of nitrogens with zero attached hydrogens (tertiary/aromatic N) is 1. The Bertz CT molecular complexity index is 939. The average molecular weight is 359 g/mol. The second-order valence-electron chi connectivity index (χ2n) is 5.78. The zero-order valence-corrected chi connectivity index (χ0v) is 14.5. The Morgan fingerprint density at radius 3 is 2.28 bits per heavy atom. The van der Waals surface area contributed by atoms with Crippen molar-refractivity contribution in [2.75, 3.05) is 9.62 Å². The molecule has 2 N–H and O–H groups in total. The van der Waals surface area contributed by atoms with Crippen molar-refractivity contribution in [2.45, 2.75) is 24.8 Å². The molecule has 1 heterocycles. The van der Waals surface area contributed by atoms with E-state index in [0.29, 0.717) is 0 Å². The molecule has 1 saturated heterocycles. The maximum Gasteiger partial charge on any atom is 0.329 e. The van der Waals surface area contributed by atoms with Gasteiger partial charge >= 0.3 is 6.03 Å². The van der Waals surface area contributed by atoms with Crippen molar-refractivity contribution in [3.8, 4) is 0 Å². The molecule has 130 valence electrons. The SMILES string of the molecule is Cc1ccc(S(=O)(=O)Nc2ccccc2N2C(=O)NC(C)C2=O)cc1. The van der Waals surface area contributed by atoms with Gasteiger partial charge in [-0.3, -0.25) is 9.52 Å². The molecule has 1 aliphatic rings. The molecule has 8 heteroatoms. The molecule has 1 aliphatic heterocycles. The molecular formula is C17H17N3O4S. The fourth-order valence-corrected chi connectivity index (χ4v) is 3.58. The lowest BCUT2D eigenvalue weighted by Gasteiger charge is -2.18. The molecule has 0 aromatic heterocycles. The van der Waals surface area contributed by atoms with E-state index in [1.54, 1.807) is 31.2 Å². The quantitative estimate of drug-likeness (QED) is 0.819. The Kier molecular flexibility index (Phi) is 4.22. The summed E-state index contributed by atoms with van der Waals surface area (Å²) in [7, 11) is -3.85. The van der Waals surface area contributed by atoms with Crippen molar-refractivity contribution >= 4 is 33.3 Å². The molecule has 0 saturated carbocycles. The normalized spacial score (nSPS) is 17.5. The summed E-state index contributed by atoms with van der Waals surface area (Å²) in [5.41, 5.74) is 1.28. The standard InChI is InChI=1S/C17H17N3O4S/c1-11-7-9-13(10-8-11)25(23,24)19-14-5-3-4-6-15(14)20-16(21)12(2)18-17(20)22/h3-10,12,19H,1-2H3,(H,18,22). The molecule has 1 atom stereocenters. The van der Waals surface area contributed by atoms with Gasteiger partial charge in [0.2, 0.25) is 0 Å². The Morgan fingerprint density at radius 2 is 1.68 bits per heavy atom. The van der Waals surface area contributed by atoms with Gasteiger partial charge in [-0.1, -0.05) is 29.8 Å². The number of para-hydroxylation sites is 2. The molecule has 25 heavy (non-hydrogen) atoms. The predicted octanol–water partition coefficient (Wildman–Crippen LogP) is 2.24. The van der Waals surface area contributed by atoms with Crippen LogP contribution in [0, 0.1) is 6.92 Å². The molecule has 3 rings (SSSR count). The van der Waals surface area contributed by atoms with Crippen LogP contribution in [0.4, 0.5) is 16.2 Å². The van der Waals surface area contributed by atoms with Gasteiger partial charge in [0.05, 0.1) is 16.3 Å². The minimum Gasteiger partial charge on any atom is -0.326 e. The summed E-state index contributed by atoms with van der Waals surface area (Å²) in [6, 6.07) is 11.4. The summed E-state index contributed by atoms with van der Waals surface area (Å²) >= 11 is 0. The fourth-order valence-electron chi connectivity index (χ4n) is 2.51. The van der Waals surface area contributed by atoms with Gasteiger partial charge in [0.15, 0.2) is 0 Å².